The van der Waals surface area contributed by atoms with Gasteiger partial charge in [0.1, 0.15) is 16.6 Å². The van der Waals surface area contributed by atoms with Crippen LogP contribution in [0.25, 0.3) is 11.3 Å². The van der Waals surface area contributed by atoms with Crippen molar-refractivity contribution in [3.8, 4) is 11.3 Å². The van der Waals surface area contributed by atoms with Crippen LogP contribution in [0.15, 0.2) is 45.0 Å². The molecule has 8 nitrogen and oxygen atoms in total. The Labute approximate surface area is 134 Å². The van der Waals surface area contributed by atoms with Crippen LogP contribution in [0, 0.1) is 10.1 Å². The minimum atomic E-state index is -0.939. The van der Waals surface area contributed by atoms with Crippen LogP contribution in [0.4, 0.5) is 0 Å². The van der Waals surface area contributed by atoms with Crippen molar-refractivity contribution >= 4 is 35.4 Å². The summed E-state index contributed by atoms with van der Waals surface area (Å²) in [4.78, 5) is 10.1. The highest BCUT2D eigenvalue weighted by molar-refractivity contribution is 6.36. The van der Waals surface area contributed by atoms with E-state index in [1.807, 2.05) is 0 Å². The number of hydrogen-bond donors (Lipinski definition) is 2. The predicted molar refractivity (Wildman–Crippen MR) is 83.5 cm³/mol. The van der Waals surface area contributed by atoms with Gasteiger partial charge in [-0.15, -0.1) is 0 Å². The van der Waals surface area contributed by atoms with Gasteiger partial charge >= 0.3 is 0 Å². The average molecular weight is 342 g/mol. The van der Waals surface area contributed by atoms with Crippen molar-refractivity contribution in [2.45, 2.75) is 0 Å². The van der Waals surface area contributed by atoms with Crippen molar-refractivity contribution in [1.82, 2.24) is 5.43 Å². The Hall–Kier alpha value is -2.58. The van der Waals surface area contributed by atoms with Gasteiger partial charge in [0.25, 0.3) is 5.96 Å². The zero-order chi connectivity index (χ0) is 16.1. The molecule has 10 heteroatoms. The van der Waals surface area contributed by atoms with Crippen molar-refractivity contribution in [3.05, 3.63) is 56.3 Å². The zero-order valence-corrected chi connectivity index (χ0v) is 12.4. The van der Waals surface area contributed by atoms with E-state index in [1.165, 1.54) is 6.21 Å². The number of guanidine groups is 1. The second-order valence-electron chi connectivity index (χ2n) is 3.92. The van der Waals surface area contributed by atoms with Crippen molar-refractivity contribution < 1.29 is 9.45 Å². The van der Waals surface area contributed by atoms with E-state index < -0.39 is 11.0 Å². The molecule has 0 saturated heterocycles. The number of nitrogens with two attached hydrogens (primary N) is 1. The molecule has 0 radical (unpaired) electrons. The fourth-order valence-corrected chi connectivity index (χ4v) is 2.03. The molecule has 0 aliphatic heterocycles. The fraction of sp³-hybridized carbons (Fsp3) is 0. The molecule has 0 spiro atoms. The monoisotopic (exact) mass is 341 g/mol. The van der Waals surface area contributed by atoms with Gasteiger partial charge in [0.2, 0.25) is 0 Å². The summed E-state index contributed by atoms with van der Waals surface area (Å²) in [5.41, 5.74) is 8.05. The number of hydrogen-bond acceptors (Lipinski definition) is 4. The minimum absolute atomic E-state index is 0.391. The van der Waals surface area contributed by atoms with Gasteiger partial charge in [0.15, 0.2) is 5.03 Å². The first-order valence-electron chi connectivity index (χ1n) is 5.78. The maximum atomic E-state index is 10.1. The number of nitrogens with zero attached hydrogens (tertiary/aromatic N) is 3. The van der Waals surface area contributed by atoms with Crippen molar-refractivity contribution in [1.29, 1.82) is 0 Å². The van der Waals surface area contributed by atoms with Gasteiger partial charge in [-0.2, -0.15) is 5.10 Å². The molecule has 1 aromatic carbocycles. The summed E-state index contributed by atoms with van der Waals surface area (Å²) in [5, 5.41) is 16.6. The molecule has 0 bridgehead atoms. The molecule has 1 heterocycles. The summed E-state index contributed by atoms with van der Waals surface area (Å²) in [7, 11) is 0. The van der Waals surface area contributed by atoms with Crippen molar-refractivity contribution in [3.63, 3.8) is 0 Å². The summed E-state index contributed by atoms with van der Waals surface area (Å²) >= 11 is 11.9. The fourth-order valence-electron chi connectivity index (χ4n) is 1.53. The molecule has 2 rings (SSSR count). The third kappa shape index (κ3) is 4.21. The van der Waals surface area contributed by atoms with Crippen molar-refractivity contribution in [2.75, 3.05) is 0 Å². The van der Waals surface area contributed by atoms with E-state index in [0.29, 0.717) is 27.1 Å². The van der Waals surface area contributed by atoms with E-state index in [-0.39, 0.29) is 0 Å². The maximum absolute atomic E-state index is 10.1. The van der Waals surface area contributed by atoms with Crippen LogP contribution in [-0.4, -0.2) is 17.2 Å². The van der Waals surface area contributed by atoms with Gasteiger partial charge in [-0.25, -0.2) is 15.5 Å². The minimum Gasteiger partial charge on any atom is -0.455 e. The molecule has 3 N–H and O–H groups in total. The topological polar surface area (TPSA) is 119 Å². The van der Waals surface area contributed by atoms with Gasteiger partial charge < -0.3 is 10.2 Å². The first-order valence-corrected chi connectivity index (χ1v) is 6.54. The lowest BCUT2D eigenvalue weighted by Gasteiger charge is -2.00. The van der Waals surface area contributed by atoms with Crippen LogP contribution in [0.5, 0.6) is 0 Å². The molecule has 0 amide bonds. The molecule has 0 atom stereocenters. The molecule has 0 aliphatic carbocycles. The Morgan fingerprint density at radius 2 is 2.14 bits per heavy atom. The highest BCUT2D eigenvalue weighted by Crippen LogP contribution is 2.31. The normalized spacial score (nSPS) is 11.8. The number of halogens is 2. The van der Waals surface area contributed by atoms with Crippen LogP contribution in [0.3, 0.4) is 0 Å². The zero-order valence-electron chi connectivity index (χ0n) is 10.9. The van der Waals surface area contributed by atoms with Crippen LogP contribution in [0.1, 0.15) is 5.76 Å². The average Bonchev–Trinajstić information content (AvgIpc) is 2.86. The molecular weight excluding hydrogens is 333 g/mol. The lowest BCUT2D eigenvalue weighted by Crippen LogP contribution is -2.28. The van der Waals surface area contributed by atoms with Gasteiger partial charge in [-0.05, 0) is 30.3 Å². The largest absolute Gasteiger partial charge is 0.455 e. The highest BCUT2D eigenvalue weighted by Gasteiger charge is 2.08. The number of nitro groups is 1. The SMILES string of the molecule is NC(=N[N+](=O)[O-])NN=Cc1ccc(-c2ccc(Cl)cc2Cl)o1. The van der Waals surface area contributed by atoms with Gasteiger partial charge in [-0.1, -0.05) is 23.2 Å². The van der Waals surface area contributed by atoms with E-state index in [1.54, 1.807) is 30.3 Å². The number of rotatable bonds is 4. The molecular formula is C12H9Cl2N5O3. The molecule has 0 unspecified atom stereocenters. The van der Waals surface area contributed by atoms with E-state index >= 15 is 0 Å². The Morgan fingerprint density at radius 1 is 1.36 bits per heavy atom. The van der Waals surface area contributed by atoms with E-state index in [2.05, 4.69) is 15.6 Å². The van der Waals surface area contributed by atoms with Crippen LogP contribution >= 0.6 is 23.2 Å². The predicted octanol–water partition coefficient (Wildman–Crippen LogP) is 2.68. The van der Waals surface area contributed by atoms with Crippen LogP contribution in [0.2, 0.25) is 10.0 Å². The summed E-state index contributed by atoms with van der Waals surface area (Å²) in [6.45, 7) is 0. The van der Waals surface area contributed by atoms with E-state index in [9.17, 15) is 10.1 Å². The van der Waals surface area contributed by atoms with Gasteiger partial charge in [0.05, 0.1) is 11.2 Å². The number of benzene rings is 1. The molecule has 0 saturated carbocycles. The summed E-state index contributed by atoms with van der Waals surface area (Å²) in [6.07, 6.45) is 1.29. The standard InChI is InChI=1S/C12H9Cl2N5O3/c13-7-1-3-9(10(14)5-7)11-4-2-8(22-11)6-16-17-12(15)18-19(20)21/h1-6H,(H3,15,17,18). The van der Waals surface area contributed by atoms with Crippen molar-refractivity contribution in [2.24, 2.45) is 15.9 Å². The quantitative estimate of drug-likeness (QED) is 0.383. The number of hydrazone groups is 2. The van der Waals surface area contributed by atoms with E-state index in [4.69, 9.17) is 33.4 Å². The third-order valence-corrected chi connectivity index (χ3v) is 2.93. The second-order valence-corrected chi connectivity index (χ2v) is 4.76. The first kappa shape index (κ1) is 15.8. The van der Waals surface area contributed by atoms with Crippen LogP contribution < -0.4 is 11.2 Å². The number of nitrogens with one attached hydrogen (secondary N) is 1. The lowest BCUT2D eigenvalue weighted by atomic mass is 10.2. The Balaban J connectivity index is 2.10. The first-order chi connectivity index (χ1) is 10.5. The molecule has 22 heavy (non-hydrogen) atoms. The molecule has 0 fully saturated rings. The molecule has 0 aliphatic rings. The Kier molecular flexibility index (Phi) is 4.97. The molecule has 114 valence electrons. The van der Waals surface area contributed by atoms with Crippen LogP contribution in [-0.2, 0) is 0 Å². The second kappa shape index (κ2) is 6.92. The molecule has 2 aromatic rings. The highest BCUT2D eigenvalue weighted by atomic mass is 35.5. The smallest absolute Gasteiger partial charge is 0.286 e. The maximum Gasteiger partial charge on any atom is 0.286 e. The van der Waals surface area contributed by atoms with E-state index in [0.717, 1.165) is 0 Å². The third-order valence-electron chi connectivity index (χ3n) is 2.38. The van der Waals surface area contributed by atoms with Gasteiger partial charge in [-0.3, -0.25) is 0 Å². The lowest BCUT2D eigenvalue weighted by molar-refractivity contribution is -0.485. The summed E-state index contributed by atoms with van der Waals surface area (Å²) in [5.74, 6) is 0.464. The number of furan rings is 1. The molecule has 1 aromatic heterocycles. The summed E-state index contributed by atoms with van der Waals surface area (Å²) in [6, 6.07) is 8.36. The van der Waals surface area contributed by atoms with Gasteiger partial charge in [0, 0.05) is 10.6 Å². The Bertz CT molecular complexity index is 757. The summed E-state index contributed by atoms with van der Waals surface area (Å²) < 4.78 is 5.52. The Morgan fingerprint density at radius 3 is 2.82 bits per heavy atom.